The molecule has 0 amide bonds. The summed E-state index contributed by atoms with van der Waals surface area (Å²) in [5.41, 5.74) is 2.84. The Balaban J connectivity index is 2.68. The Bertz CT molecular complexity index is 566. The van der Waals surface area contributed by atoms with Crippen molar-refractivity contribution in [2.75, 3.05) is 11.4 Å². The second kappa shape index (κ2) is 4.55. The number of hydrogen-bond acceptors (Lipinski definition) is 3. The zero-order valence-electron chi connectivity index (χ0n) is 9.51. The first-order valence-electron chi connectivity index (χ1n) is 5.40. The number of rotatable bonds is 1. The number of fused-ring (bicyclic) bond motifs is 1. The summed E-state index contributed by atoms with van der Waals surface area (Å²) in [6, 6.07) is 11.7. The highest BCUT2D eigenvalue weighted by Gasteiger charge is 2.17. The second-order valence-corrected chi connectivity index (χ2v) is 3.63. The van der Waals surface area contributed by atoms with E-state index in [4.69, 9.17) is 10.5 Å². The summed E-state index contributed by atoms with van der Waals surface area (Å²) >= 11 is 0. The Kier molecular flexibility index (Phi) is 2.94. The average Bonchev–Trinajstić information content (AvgIpc) is 2.40. The summed E-state index contributed by atoms with van der Waals surface area (Å²) in [7, 11) is 0. The maximum Gasteiger partial charge on any atom is 0.137 e. The standard InChI is InChI=1S/C14H11N3/c1-2-17-8-7-12(11(9-15)10-16)13-5-3-4-6-14(13)17/h3-8H,2H2,1H3. The van der Waals surface area contributed by atoms with Crippen molar-refractivity contribution in [3.05, 3.63) is 47.7 Å². The van der Waals surface area contributed by atoms with Crippen molar-refractivity contribution in [1.82, 2.24) is 0 Å². The van der Waals surface area contributed by atoms with Crippen LogP contribution in [0.3, 0.4) is 0 Å². The maximum atomic E-state index is 8.95. The molecule has 0 saturated heterocycles. The topological polar surface area (TPSA) is 50.8 Å². The molecule has 0 fully saturated rings. The van der Waals surface area contributed by atoms with Crippen LogP contribution in [0.2, 0.25) is 0 Å². The van der Waals surface area contributed by atoms with Crippen molar-refractivity contribution in [1.29, 1.82) is 10.5 Å². The summed E-state index contributed by atoms with van der Waals surface area (Å²) in [5, 5.41) is 17.9. The molecule has 1 aliphatic rings. The zero-order valence-corrected chi connectivity index (χ0v) is 9.51. The average molecular weight is 221 g/mol. The third kappa shape index (κ3) is 1.79. The Morgan fingerprint density at radius 2 is 1.94 bits per heavy atom. The molecular weight excluding hydrogens is 210 g/mol. The lowest BCUT2D eigenvalue weighted by atomic mass is 9.96. The normalized spacial score (nSPS) is 12.6. The first-order valence-corrected chi connectivity index (χ1v) is 5.40. The van der Waals surface area contributed by atoms with Crippen LogP contribution in [0.1, 0.15) is 12.5 Å². The predicted octanol–water partition coefficient (Wildman–Crippen LogP) is 2.84. The fourth-order valence-corrected chi connectivity index (χ4v) is 1.93. The molecule has 1 aromatic rings. The van der Waals surface area contributed by atoms with Crippen LogP contribution in [-0.4, -0.2) is 6.54 Å². The molecule has 0 spiro atoms. The minimum absolute atomic E-state index is 0.157. The molecule has 0 atom stereocenters. The minimum Gasteiger partial charge on any atom is -0.348 e. The molecule has 82 valence electrons. The Morgan fingerprint density at radius 1 is 1.24 bits per heavy atom. The summed E-state index contributed by atoms with van der Waals surface area (Å²) in [5.74, 6) is 0. The largest absolute Gasteiger partial charge is 0.348 e. The molecular formula is C14H11N3. The van der Waals surface area contributed by atoms with E-state index in [1.165, 1.54) is 0 Å². The Morgan fingerprint density at radius 3 is 2.59 bits per heavy atom. The number of anilines is 1. The molecule has 0 aromatic heterocycles. The maximum absolute atomic E-state index is 8.95. The molecule has 1 heterocycles. The molecule has 0 radical (unpaired) electrons. The highest BCUT2D eigenvalue weighted by Crippen LogP contribution is 2.33. The molecule has 0 unspecified atom stereocenters. The Labute approximate surface area is 101 Å². The van der Waals surface area contributed by atoms with Crippen LogP contribution < -0.4 is 4.90 Å². The van der Waals surface area contributed by atoms with E-state index >= 15 is 0 Å². The Hall–Kier alpha value is -2.52. The van der Waals surface area contributed by atoms with Gasteiger partial charge >= 0.3 is 0 Å². The van der Waals surface area contributed by atoms with Crippen LogP contribution in [-0.2, 0) is 0 Å². The number of para-hydroxylation sites is 1. The van der Waals surface area contributed by atoms with Crippen LogP contribution in [0.15, 0.2) is 42.1 Å². The SMILES string of the molecule is CCN1C=CC(=C(C#N)C#N)c2ccccc21. The van der Waals surface area contributed by atoms with E-state index in [9.17, 15) is 0 Å². The molecule has 0 bridgehead atoms. The van der Waals surface area contributed by atoms with Gasteiger partial charge in [-0.1, -0.05) is 18.2 Å². The molecule has 1 aromatic carbocycles. The number of nitriles is 2. The molecule has 0 aliphatic carbocycles. The van der Waals surface area contributed by atoms with Gasteiger partial charge in [-0.25, -0.2) is 0 Å². The molecule has 2 rings (SSSR count). The molecule has 3 nitrogen and oxygen atoms in total. The van der Waals surface area contributed by atoms with Crippen molar-refractivity contribution in [3.8, 4) is 12.1 Å². The molecule has 0 N–H and O–H groups in total. The summed E-state index contributed by atoms with van der Waals surface area (Å²) in [6.07, 6.45) is 3.74. The van der Waals surface area contributed by atoms with E-state index in [0.29, 0.717) is 5.57 Å². The van der Waals surface area contributed by atoms with Gasteiger partial charge in [0.05, 0.1) is 0 Å². The van der Waals surface area contributed by atoms with E-state index < -0.39 is 0 Å². The monoisotopic (exact) mass is 221 g/mol. The zero-order chi connectivity index (χ0) is 12.3. The predicted molar refractivity (Wildman–Crippen MR) is 66.7 cm³/mol. The van der Waals surface area contributed by atoms with E-state index in [1.54, 1.807) is 0 Å². The van der Waals surface area contributed by atoms with E-state index in [1.807, 2.05) is 48.7 Å². The van der Waals surface area contributed by atoms with Gasteiger partial charge in [-0.15, -0.1) is 0 Å². The van der Waals surface area contributed by atoms with Crippen LogP contribution in [0.4, 0.5) is 5.69 Å². The number of benzene rings is 1. The van der Waals surface area contributed by atoms with Crippen molar-refractivity contribution >= 4 is 11.3 Å². The number of hydrogen-bond donors (Lipinski definition) is 0. The highest BCUT2D eigenvalue weighted by molar-refractivity contribution is 5.90. The summed E-state index contributed by atoms with van der Waals surface area (Å²) < 4.78 is 0. The molecule has 17 heavy (non-hydrogen) atoms. The third-order valence-corrected chi connectivity index (χ3v) is 2.76. The van der Waals surface area contributed by atoms with Gasteiger partial charge in [-0.05, 0) is 19.1 Å². The minimum atomic E-state index is 0.157. The van der Waals surface area contributed by atoms with Gasteiger partial charge in [-0.3, -0.25) is 0 Å². The lowest BCUT2D eigenvalue weighted by Gasteiger charge is -2.26. The van der Waals surface area contributed by atoms with Crippen LogP contribution in [0, 0.1) is 22.7 Å². The summed E-state index contributed by atoms with van der Waals surface area (Å²) in [4.78, 5) is 2.09. The van der Waals surface area contributed by atoms with E-state index in [0.717, 1.165) is 17.8 Å². The smallest absolute Gasteiger partial charge is 0.137 e. The van der Waals surface area contributed by atoms with Gasteiger partial charge in [0.2, 0.25) is 0 Å². The molecule has 3 heteroatoms. The number of allylic oxidation sites excluding steroid dienone is 3. The lowest BCUT2D eigenvalue weighted by molar-refractivity contribution is 1.01. The van der Waals surface area contributed by atoms with Crippen molar-refractivity contribution in [3.63, 3.8) is 0 Å². The van der Waals surface area contributed by atoms with Gasteiger partial charge in [0.15, 0.2) is 0 Å². The lowest BCUT2D eigenvalue weighted by Crippen LogP contribution is -2.19. The van der Waals surface area contributed by atoms with E-state index in [2.05, 4.69) is 11.8 Å². The van der Waals surface area contributed by atoms with Gasteiger partial charge < -0.3 is 4.90 Å². The van der Waals surface area contributed by atoms with Crippen molar-refractivity contribution in [2.24, 2.45) is 0 Å². The van der Waals surface area contributed by atoms with Crippen LogP contribution >= 0.6 is 0 Å². The molecule has 0 saturated carbocycles. The van der Waals surface area contributed by atoms with Gasteiger partial charge in [-0.2, -0.15) is 10.5 Å². The van der Waals surface area contributed by atoms with Gasteiger partial charge in [0, 0.05) is 29.6 Å². The first kappa shape index (κ1) is 11.0. The van der Waals surface area contributed by atoms with Crippen LogP contribution in [0.5, 0.6) is 0 Å². The second-order valence-electron chi connectivity index (χ2n) is 3.63. The fourth-order valence-electron chi connectivity index (χ4n) is 1.93. The van der Waals surface area contributed by atoms with Crippen LogP contribution in [0.25, 0.3) is 5.57 Å². The first-order chi connectivity index (χ1) is 8.31. The quantitative estimate of drug-likeness (QED) is 0.685. The number of nitrogens with zero attached hydrogens (tertiary/aromatic N) is 3. The molecule has 1 aliphatic heterocycles. The van der Waals surface area contributed by atoms with Gasteiger partial charge in [0.1, 0.15) is 17.7 Å². The van der Waals surface area contributed by atoms with E-state index in [-0.39, 0.29) is 5.57 Å². The van der Waals surface area contributed by atoms with Crippen molar-refractivity contribution < 1.29 is 0 Å². The summed E-state index contributed by atoms with van der Waals surface area (Å²) in [6.45, 7) is 2.92. The third-order valence-electron chi connectivity index (χ3n) is 2.76. The van der Waals surface area contributed by atoms with Crippen molar-refractivity contribution in [2.45, 2.75) is 6.92 Å². The van der Waals surface area contributed by atoms with Gasteiger partial charge in [0.25, 0.3) is 0 Å². The fraction of sp³-hybridized carbons (Fsp3) is 0.143. The highest BCUT2D eigenvalue weighted by atomic mass is 15.1.